The highest BCUT2D eigenvalue weighted by Crippen LogP contribution is 2.34. The van der Waals surface area contributed by atoms with E-state index in [4.69, 9.17) is 5.73 Å². The molecule has 7 nitrogen and oxygen atoms in total. The summed E-state index contributed by atoms with van der Waals surface area (Å²) in [6.07, 6.45) is 1.70. The minimum Gasteiger partial charge on any atom is -0.369 e. The molecule has 5 aromatic rings. The first kappa shape index (κ1) is 26.1. The molecule has 0 saturated heterocycles. The number of H-pyrrole nitrogens is 1. The van der Waals surface area contributed by atoms with Gasteiger partial charge in [0, 0.05) is 5.54 Å². The number of aromatic nitrogens is 4. The third kappa shape index (κ3) is 5.12. The number of aromatic amines is 1. The maximum absolute atomic E-state index is 13.1. The standard InChI is InChI=1S/C32H33N5O2/c1-31(2,3)25-16-15-23(22-13-11-21(12-14-22)20-9-7-6-8-10-20)17-24(25)18-32(4,5)37-26(38)19-34-27-28(37)35-30(33)36-29(27)39/h6-17,19H,18H2,1-5H3,(H3,33,35,36,39). The van der Waals surface area contributed by atoms with Crippen LogP contribution in [0, 0.1) is 0 Å². The second-order valence-electron chi connectivity index (χ2n) is 11.6. The highest BCUT2D eigenvalue weighted by Gasteiger charge is 2.29. The van der Waals surface area contributed by atoms with E-state index in [0.29, 0.717) is 6.42 Å². The van der Waals surface area contributed by atoms with Gasteiger partial charge < -0.3 is 5.73 Å². The molecule has 5 rings (SSSR count). The lowest BCUT2D eigenvalue weighted by atomic mass is 9.79. The smallest absolute Gasteiger partial charge is 0.280 e. The molecule has 0 bridgehead atoms. The Kier molecular flexibility index (Phi) is 6.46. The van der Waals surface area contributed by atoms with Crippen LogP contribution in [-0.4, -0.2) is 19.5 Å². The van der Waals surface area contributed by atoms with Crippen LogP contribution in [0.15, 0.2) is 88.6 Å². The Balaban J connectivity index is 1.60. The molecule has 0 saturated carbocycles. The van der Waals surface area contributed by atoms with Crippen molar-refractivity contribution in [3.63, 3.8) is 0 Å². The number of nitrogen functional groups attached to an aromatic ring is 1. The third-order valence-corrected chi connectivity index (χ3v) is 7.10. The normalized spacial score (nSPS) is 12.1. The fourth-order valence-electron chi connectivity index (χ4n) is 5.29. The summed E-state index contributed by atoms with van der Waals surface area (Å²) in [6, 6.07) is 25.4. The fraction of sp³-hybridized carbons (Fsp3) is 0.250. The van der Waals surface area contributed by atoms with Crippen LogP contribution in [0.2, 0.25) is 0 Å². The molecule has 39 heavy (non-hydrogen) atoms. The molecule has 2 aromatic heterocycles. The topological polar surface area (TPSA) is 107 Å². The summed E-state index contributed by atoms with van der Waals surface area (Å²) in [5, 5.41) is 0. The first-order chi connectivity index (χ1) is 18.4. The van der Waals surface area contributed by atoms with Crippen LogP contribution in [0.1, 0.15) is 45.7 Å². The minimum atomic E-state index is -0.735. The van der Waals surface area contributed by atoms with Gasteiger partial charge in [0.1, 0.15) is 0 Å². The van der Waals surface area contributed by atoms with Crippen molar-refractivity contribution >= 4 is 17.1 Å². The SMILES string of the molecule is CC(C)(C)c1ccc(-c2ccc(-c3ccccc3)cc2)cc1CC(C)(C)n1c(=O)cnc2c(=O)[nH]c(N)nc21. The van der Waals surface area contributed by atoms with Crippen LogP contribution < -0.4 is 16.9 Å². The number of anilines is 1. The van der Waals surface area contributed by atoms with Crippen molar-refractivity contribution < 1.29 is 0 Å². The lowest BCUT2D eigenvalue weighted by Crippen LogP contribution is -2.40. The van der Waals surface area contributed by atoms with Crippen LogP contribution in [0.5, 0.6) is 0 Å². The molecule has 3 N–H and O–H groups in total. The Hall–Kier alpha value is -4.52. The molecule has 0 spiro atoms. The third-order valence-electron chi connectivity index (χ3n) is 7.10. The Labute approximate surface area is 227 Å². The lowest BCUT2D eigenvalue weighted by Gasteiger charge is -2.32. The van der Waals surface area contributed by atoms with Crippen molar-refractivity contribution in [3.8, 4) is 22.3 Å². The summed E-state index contributed by atoms with van der Waals surface area (Å²) in [4.78, 5) is 36.4. The van der Waals surface area contributed by atoms with Gasteiger partial charge in [0.25, 0.3) is 11.1 Å². The van der Waals surface area contributed by atoms with E-state index in [0.717, 1.165) is 22.3 Å². The average molecular weight is 520 g/mol. The van der Waals surface area contributed by atoms with Gasteiger partial charge in [-0.05, 0) is 59.1 Å². The first-order valence-corrected chi connectivity index (χ1v) is 13.0. The predicted octanol–water partition coefficient (Wildman–Crippen LogP) is 5.67. The number of nitrogens with one attached hydrogen (secondary N) is 1. The molecule has 198 valence electrons. The second kappa shape index (κ2) is 9.66. The maximum atomic E-state index is 13.1. The van der Waals surface area contributed by atoms with Gasteiger partial charge in [-0.25, -0.2) is 4.98 Å². The number of hydrogen-bond donors (Lipinski definition) is 2. The van der Waals surface area contributed by atoms with Crippen molar-refractivity contribution in [2.75, 3.05) is 5.73 Å². The van der Waals surface area contributed by atoms with Crippen LogP contribution in [0.3, 0.4) is 0 Å². The van der Waals surface area contributed by atoms with E-state index in [1.807, 2.05) is 32.0 Å². The molecule has 0 aliphatic carbocycles. The van der Waals surface area contributed by atoms with E-state index in [1.165, 1.54) is 21.9 Å². The van der Waals surface area contributed by atoms with E-state index in [1.54, 1.807) is 0 Å². The minimum absolute atomic E-state index is 0.0548. The van der Waals surface area contributed by atoms with Gasteiger partial charge in [-0.15, -0.1) is 0 Å². The second-order valence-corrected chi connectivity index (χ2v) is 11.6. The van der Waals surface area contributed by atoms with Crippen LogP contribution in [0.4, 0.5) is 5.95 Å². The van der Waals surface area contributed by atoms with Crippen molar-refractivity contribution in [1.29, 1.82) is 0 Å². The number of hydrogen-bond acceptors (Lipinski definition) is 5. The Bertz CT molecular complexity index is 1780. The number of fused-ring (bicyclic) bond motifs is 1. The highest BCUT2D eigenvalue weighted by atomic mass is 16.1. The number of rotatable bonds is 5. The quantitative estimate of drug-likeness (QED) is 0.311. The molecule has 0 atom stereocenters. The van der Waals surface area contributed by atoms with E-state index in [2.05, 4.69) is 90.3 Å². The van der Waals surface area contributed by atoms with Gasteiger partial charge in [-0.2, -0.15) is 4.98 Å². The molecule has 0 amide bonds. The monoisotopic (exact) mass is 519 g/mol. The average Bonchev–Trinajstić information content (AvgIpc) is 2.88. The summed E-state index contributed by atoms with van der Waals surface area (Å²) < 4.78 is 1.54. The summed E-state index contributed by atoms with van der Waals surface area (Å²) in [5.41, 5.74) is 11.3. The van der Waals surface area contributed by atoms with Gasteiger partial charge in [-0.3, -0.25) is 19.1 Å². The molecule has 0 aliphatic rings. The van der Waals surface area contributed by atoms with Crippen molar-refractivity contribution in [3.05, 3.63) is 111 Å². The van der Waals surface area contributed by atoms with Gasteiger partial charge >= 0.3 is 0 Å². The fourth-order valence-corrected chi connectivity index (χ4v) is 5.29. The molecule has 0 radical (unpaired) electrons. The van der Waals surface area contributed by atoms with Gasteiger partial charge in [0.05, 0.1) is 6.20 Å². The zero-order chi connectivity index (χ0) is 27.9. The van der Waals surface area contributed by atoms with Crippen molar-refractivity contribution in [1.82, 2.24) is 19.5 Å². The number of nitrogens with zero attached hydrogens (tertiary/aromatic N) is 3. The highest BCUT2D eigenvalue weighted by molar-refractivity contribution is 5.72. The summed E-state index contributed by atoms with van der Waals surface area (Å²) in [6.45, 7) is 10.5. The van der Waals surface area contributed by atoms with Crippen LogP contribution >= 0.6 is 0 Å². The van der Waals surface area contributed by atoms with Crippen LogP contribution in [0.25, 0.3) is 33.4 Å². The molecule has 3 aromatic carbocycles. The molecular formula is C32H33N5O2. The summed E-state index contributed by atoms with van der Waals surface area (Å²) in [7, 11) is 0. The maximum Gasteiger partial charge on any atom is 0.280 e. The molecule has 2 heterocycles. The summed E-state index contributed by atoms with van der Waals surface area (Å²) >= 11 is 0. The Morgan fingerprint density at radius 2 is 1.41 bits per heavy atom. The zero-order valence-electron chi connectivity index (χ0n) is 22.9. The lowest BCUT2D eigenvalue weighted by molar-refractivity contribution is 0.348. The molecule has 7 heteroatoms. The van der Waals surface area contributed by atoms with Gasteiger partial charge in [0.2, 0.25) is 5.95 Å². The van der Waals surface area contributed by atoms with Crippen molar-refractivity contribution in [2.24, 2.45) is 0 Å². The van der Waals surface area contributed by atoms with Gasteiger partial charge in [0.15, 0.2) is 11.2 Å². The summed E-state index contributed by atoms with van der Waals surface area (Å²) in [5.74, 6) is -0.0548. The molecule has 0 aliphatic heterocycles. The predicted molar refractivity (Wildman–Crippen MR) is 158 cm³/mol. The van der Waals surface area contributed by atoms with E-state index in [9.17, 15) is 9.59 Å². The Morgan fingerprint density at radius 1 is 0.821 bits per heavy atom. The Morgan fingerprint density at radius 3 is 2.05 bits per heavy atom. The molecule has 0 fully saturated rings. The van der Waals surface area contributed by atoms with Crippen molar-refractivity contribution in [2.45, 2.75) is 52.0 Å². The molecular weight excluding hydrogens is 486 g/mol. The largest absolute Gasteiger partial charge is 0.369 e. The van der Waals surface area contributed by atoms with E-state index < -0.39 is 11.1 Å². The number of nitrogens with two attached hydrogens (primary N) is 1. The van der Waals surface area contributed by atoms with E-state index in [-0.39, 0.29) is 28.1 Å². The molecule has 0 unspecified atom stereocenters. The van der Waals surface area contributed by atoms with Gasteiger partial charge in [-0.1, -0.05) is 93.6 Å². The number of benzene rings is 3. The first-order valence-electron chi connectivity index (χ1n) is 13.0. The van der Waals surface area contributed by atoms with Crippen LogP contribution in [-0.2, 0) is 17.4 Å². The zero-order valence-corrected chi connectivity index (χ0v) is 22.9. The van der Waals surface area contributed by atoms with E-state index >= 15 is 0 Å².